The summed E-state index contributed by atoms with van der Waals surface area (Å²) in [7, 11) is 0. The van der Waals surface area contributed by atoms with E-state index in [-0.39, 0.29) is 5.41 Å². The number of carbonyl (C=O) groups is 1. The number of benzene rings is 2. The first kappa shape index (κ1) is 25.5. The van der Waals surface area contributed by atoms with Crippen LogP contribution in [0, 0.1) is 30.1 Å². The molecule has 0 aliphatic heterocycles. The number of ether oxygens (including phenoxy) is 1. The van der Waals surface area contributed by atoms with Gasteiger partial charge in [-0.1, -0.05) is 38.1 Å². The zero-order valence-corrected chi connectivity index (χ0v) is 23.3. The van der Waals surface area contributed by atoms with Crippen LogP contribution in [0.5, 0.6) is 5.75 Å². The molecule has 7 rings (SSSR count). The Hall–Kier alpha value is -2.82. The van der Waals surface area contributed by atoms with Gasteiger partial charge in [0.1, 0.15) is 11.6 Å². The Morgan fingerprint density at radius 1 is 1.08 bits per heavy atom. The minimum absolute atomic E-state index is 0.0865. The monoisotopic (exact) mass is 513 g/mol. The standard InChI is InChI=1S/C33H43N3O2/c1-22(2)27-10-9-23(3)15-30(27)38-14-6-13-36-29-8-5-4-7-28(29)35-31(36)11-12-34-32(37)33-19-24-16-25(20-33)18-26(17-24)21-33/h4-5,7-10,15,22,24-26H,6,11-14,16-21H2,1-3H3,(H,34,37). The molecular weight excluding hydrogens is 470 g/mol. The van der Waals surface area contributed by atoms with E-state index in [0.717, 1.165) is 79.0 Å². The number of nitrogens with zero attached hydrogens (tertiary/aromatic N) is 2. The summed E-state index contributed by atoms with van der Waals surface area (Å²) in [5, 5.41) is 3.35. The maximum absolute atomic E-state index is 13.4. The molecule has 1 aromatic heterocycles. The van der Waals surface area contributed by atoms with Crippen molar-refractivity contribution in [3.05, 3.63) is 59.4 Å². The van der Waals surface area contributed by atoms with Crippen LogP contribution >= 0.6 is 0 Å². The second kappa shape index (κ2) is 10.4. The van der Waals surface area contributed by atoms with Crippen molar-refractivity contribution >= 4 is 16.9 Å². The number of rotatable bonds is 10. The van der Waals surface area contributed by atoms with E-state index < -0.39 is 0 Å². The Morgan fingerprint density at radius 2 is 1.79 bits per heavy atom. The van der Waals surface area contributed by atoms with Gasteiger partial charge in [-0.15, -0.1) is 0 Å². The van der Waals surface area contributed by atoms with E-state index in [9.17, 15) is 4.79 Å². The van der Waals surface area contributed by atoms with Crippen molar-refractivity contribution in [3.63, 3.8) is 0 Å². The zero-order valence-electron chi connectivity index (χ0n) is 23.3. The average molecular weight is 514 g/mol. The Morgan fingerprint density at radius 3 is 2.50 bits per heavy atom. The third-order valence-electron chi connectivity index (χ3n) is 9.46. The topological polar surface area (TPSA) is 56.1 Å². The van der Waals surface area contributed by atoms with Gasteiger partial charge in [-0.2, -0.15) is 0 Å². The molecule has 1 heterocycles. The second-order valence-corrected chi connectivity index (χ2v) is 12.8. The number of para-hydroxylation sites is 2. The predicted molar refractivity (Wildman–Crippen MR) is 152 cm³/mol. The highest BCUT2D eigenvalue weighted by Crippen LogP contribution is 2.60. The van der Waals surface area contributed by atoms with E-state index in [4.69, 9.17) is 9.72 Å². The highest BCUT2D eigenvalue weighted by molar-refractivity contribution is 5.83. The number of aryl methyl sites for hydroxylation is 2. The van der Waals surface area contributed by atoms with Crippen molar-refractivity contribution < 1.29 is 9.53 Å². The van der Waals surface area contributed by atoms with E-state index in [2.05, 4.69) is 67.1 Å². The van der Waals surface area contributed by atoms with E-state index in [1.54, 1.807) is 0 Å². The van der Waals surface area contributed by atoms with E-state index in [1.807, 2.05) is 6.07 Å². The molecule has 0 unspecified atom stereocenters. The van der Waals surface area contributed by atoms with Gasteiger partial charge in [0.05, 0.1) is 17.6 Å². The number of hydrogen-bond donors (Lipinski definition) is 1. The number of fused-ring (bicyclic) bond motifs is 1. The van der Waals surface area contributed by atoms with Crippen molar-refractivity contribution in [1.29, 1.82) is 0 Å². The van der Waals surface area contributed by atoms with Crippen LogP contribution in [-0.4, -0.2) is 28.6 Å². The molecule has 2 aromatic carbocycles. The van der Waals surface area contributed by atoms with Gasteiger partial charge in [-0.3, -0.25) is 4.79 Å². The summed E-state index contributed by atoms with van der Waals surface area (Å²) < 4.78 is 8.60. The number of nitrogens with one attached hydrogen (secondary N) is 1. The lowest BCUT2D eigenvalue weighted by molar-refractivity contribution is -0.146. The normalized spacial score (nSPS) is 25.8. The Bertz CT molecular complexity index is 1270. The molecule has 1 N–H and O–H groups in total. The van der Waals surface area contributed by atoms with E-state index >= 15 is 0 Å². The number of aromatic nitrogens is 2. The summed E-state index contributed by atoms with van der Waals surface area (Å²) in [6, 6.07) is 14.9. The van der Waals surface area contributed by atoms with Gasteiger partial charge in [0.15, 0.2) is 0 Å². The molecule has 38 heavy (non-hydrogen) atoms. The molecule has 202 valence electrons. The predicted octanol–water partition coefficient (Wildman–Crippen LogP) is 6.81. The second-order valence-electron chi connectivity index (χ2n) is 12.8. The quantitative estimate of drug-likeness (QED) is 0.303. The third kappa shape index (κ3) is 4.97. The third-order valence-corrected chi connectivity index (χ3v) is 9.46. The van der Waals surface area contributed by atoms with Crippen LogP contribution < -0.4 is 10.1 Å². The van der Waals surface area contributed by atoms with Gasteiger partial charge < -0.3 is 14.6 Å². The van der Waals surface area contributed by atoms with Crippen LogP contribution in [0.15, 0.2) is 42.5 Å². The summed E-state index contributed by atoms with van der Waals surface area (Å²) >= 11 is 0. The van der Waals surface area contributed by atoms with Crippen LogP contribution in [0.4, 0.5) is 0 Å². The van der Waals surface area contributed by atoms with Crippen molar-refractivity contribution in [3.8, 4) is 5.75 Å². The van der Waals surface area contributed by atoms with Gasteiger partial charge in [-0.25, -0.2) is 4.98 Å². The Balaban J connectivity index is 1.09. The van der Waals surface area contributed by atoms with Crippen LogP contribution in [0.25, 0.3) is 11.0 Å². The molecule has 0 spiro atoms. The smallest absolute Gasteiger partial charge is 0.226 e. The molecule has 4 aliphatic carbocycles. The van der Waals surface area contributed by atoms with Gasteiger partial charge in [0, 0.05) is 24.9 Å². The molecule has 3 aromatic rings. The van der Waals surface area contributed by atoms with Gasteiger partial charge in [0.2, 0.25) is 5.91 Å². The van der Waals surface area contributed by atoms with Crippen molar-refractivity contribution in [2.45, 2.75) is 84.6 Å². The highest BCUT2D eigenvalue weighted by Gasteiger charge is 2.54. The first-order valence-electron chi connectivity index (χ1n) is 14.9. The molecule has 4 saturated carbocycles. The fraction of sp³-hybridized carbons (Fsp3) is 0.576. The first-order valence-corrected chi connectivity index (χ1v) is 14.9. The molecule has 0 radical (unpaired) electrons. The van der Waals surface area contributed by atoms with Crippen molar-refractivity contribution in [1.82, 2.24) is 14.9 Å². The number of hydrogen-bond acceptors (Lipinski definition) is 3. The summed E-state index contributed by atoms with van der Waals surface area (Å²) in [5.41, 5.74) is 4.59. The van der Waals surface area contributed by atoms with Crippen molar-refractivity contribution in [2.75, 3.05) is 13.2 Å². The minimum Gasteiger partial charge on any atom is -0.493 e. The summed E-state index contributed by atoms with van der Waals surface area (Å²) in [4.78, 5) is 18.4. The number of carbonyl (C=O) groups excluding carboxylic acids is 1. The molecule has 4 fully saturated rings. The number of amides is 1. The molecule has 0 saturated heterocycles. The lowest BCUT2D eigenvalue weighted by Gasteiger charge is -2.55. The average Bonchev–Trinajstić information content (AvgIpc) is 3.23. The molecule has 5 nitrogen and oxygen atoms in total. The Labute approximate surface area is 227 Å². The van der Waals surface area contributed by atoms with Crippen LogP contribution in [0.2, 0.25) is 0 Å². The molecule has 0 atom stereocenters. The maximum Gasteiger partial charge on any atom is 0.226 e. The molecule has 1 amide bonds. The van der Waals surface area contributed by atoms with E-state index in [1.165, 1.54) is 30.4 Å². The summed E-state index contributed by atoms with van der Waals surface area (Å²) in [5.74, 6) is 5.16. The number of imidazole rings is 1. The summed E-state index contributed by atoms with van der Waals surface area (Å²) in [6.45, 7) is 8.70. The van der Waals surface area contributed by atoms with Gasteiger partial charge in [-0.05, 0) is 105 Å². The Kier molecular flexibility index (Phi) is 6.96. The van der Waals surface area contributed by atoms with Gasteiger partial charge >= 0.3 is 0 Å². The molecule has 4 aliphatic rings. The molecular formula is C33H43N3O2. The largest absolute Gasteiger partial charge is 0.493 e. The van der Waals surface area contributed by atoms with E-state index in [0.29, 0.717) is 25.0 Å². The molecule has 5 heteroatoms. The minimum atomic E-state index is -0.0865. The highest BCUT2D eigenvalue weighted by atomic mass is 16.5. The van der Waals surface area contributed by atoms with Crippen molar-refractivity contribution in [2.24, 2.45) is 23.2 Å². The maximum atomic E-state index is 13.4. The lowest BCUT2D eigenvalue weighted by Crippen LogP contribution is -2.53. The van der Waals surface area contributed by atoms with Gasteiger partial charge in [0.25, 0.3) is 0 Å². The van der Waals surface area contributed by atoms with Crippen LogP contribution in [0.3, 0.4) is 0 Å². The lowest BCUT2D eigenvalue weighted by atomic mass is 9.49. The fourth-order valence-corrected chi connectivity index (χ4v) is 8.08. The molecule has 4 bridgehead atoms. The van der Waals surface area contributed by atoms with Crippen LogP contribution in [-0.2, 0) is 17.8 Å². The first-order chi connectivity index (χ1) is 18.4. The fourth-order valence-electron chi connectivity index (χ4n) is 8.08. The SMILES string of the molecule is Cc1ccc(C(C)C)c(OCCCn2c(CCNC(=O)C34CC5CC(CC(C5)C3)C4)nc3ccccc32)c1. The zero-order chi connectivity index (χ0) is 26.3. The summed E-state index contributed by atoms with van der Waals surface area (Å²) in [6.07, 6.45) is 9.09. The van der Waals surface area contributed by atoms with Crippen LogP contribution in [0.1, 0.15) is 81.7 Å².